The zero-order valence-electron chi connectivity index (χ0n) is 13.5. The van der Waals surface area contributed by atoms with Crippen LogP contribution in [0.15, 0.2) is 24.3 Å². The smallest absolute Gasteiger partial charge is 0.321 e. The van der Waals surface area contributed by atoms with Crippen LogP contribution in [0.4, 0.5) is 0 Å². The molecule has 0 aromatic heterocycles. The van der Waals surface area contributed by atoms with Gasteiger partial charge in [0.05, 0.1) is 0 Å². The highest BCUT2D eigenvalue weighted by Gasteiger charge is 2.25. The van der Waals surface area contributed by atoms with Crippen molar-refractivity contribution in [2.24, 2.45) is 5.92 Å². The summed E-state index contributed by atoms with van der Waals surface area (Å²) in [5, 5.41) is 22.2. The highest BCUT2D eigenvalue weighted by atomic mass is 35.5. The van der Waals surface area contributed by atoms with E-state index in [0.29, 0.717) is 16.5 Å². The van der Waals surface area contributed by atoms with E-state index in [1.165, 1.54) is 0 Å². The molecule has 0 spiro atoms. The molecule has 0 unspecified atom stereocenters. The minimum Gasteiger partial charge on any atom is -0.480 e. The van der Waals surface area contributed by atoms with Gasteiger partial charge in [0.1, 0.15) is 12.1 Å². The third-order valence-electron chi connectivity index (χ3n) is 3.27. The van der Waals surface area contributed by atoms with Gasteiger partial charge in [-0.2, -0.15) is 0 Å². The Labute approximate surface area is 151 Å². The van der Waals surface area contributed by atoms with Gasteiger partial charge in [0, 0.05) is 10.0 Å². The molecule has 0 saturated carbocycles. The Balaban J connectivity index is 2.76. The van der Waals surface area contributed by atoms with Crippen molar-refractivity contribution < 1.29 is 19.8 Å². The van der Waals surface area contributed by atoms with Crippen molar-refractivity contribution in [2.45, 2.75) is 38.8 Å². The van der Waals surface area contributed by atoms with Gasteiger partial charge in [-0.25, -0.2) is 0 Å². The second-order valence-corrected chi connectivity index (χ2v) is 6.79. The Morgan fingerprint density at radius 2 is 1.62 bits per heavy atom. The zero-order chi connectivity index (χ0) is 18.3. The fraction of sp³-hybridized carbons (Fsp3) is 0.412. The molecular weight excluding hydrogens is 353 g/mol. The second-order valence-electron chi connectivity index (χ2n) is 5.92. The number of carbonyl (C=O) groups is 2. The van der Waals surface area contributed by atoms with Gasteiger partial charge < -0.3 is 10.2 Å². The minimum atomic E-state index is -1.10. The molecule has 0 amide bonds. The van der Waals surface area contributed by atoms with Crippen molar-refractivity contribution in [1.29, 1.82) is 0 Å². The Morgan fingerprint density at radius 3 is 2.08 bits per heavy atom. The largest absolute Gasteiger partial charge is 0.480 e. The first-order valence-corrected chi connectivity index (χ1v) is 8.29. The molecule has 132 valence electrons. The molecule has 24 heavy (non-hydrogen) atoms. The lowest BCUT2D eigenvalue weighted by Crippen LogP contribution is -2.47. The van der Waals surface area contributed by atoms with Crippen LogP contribution in [0.5, 0.6) is 0 Å². The molecule has 0 fully saturated rings. The molecule has 1 aromatic rings. The summed E-state index contributed by atoms with van der Waals surface area (Å²) in [6.07, 6.45) is 3.85. The van der Waals surface area contributed by atoms with E-state index < -0.39 is 24.0 Å². The van der Waals surface area contributed by atoms with Crippen molar-refractivity contribution in [3.05, 3.63) is 39.9 Å². The van der Waals surface area contributed by atoms with Crippen LogP contribution in [-0.4, -0.2) is 34.2 Å². The average molecular weight is 374 g/mol. The maximum atomic E-state index is 11.4. The van der Waals surface area contributed by atoms with E-state index in [2.05, 4.69) is 5.32 Å². The Bertz CT molecular complexity index is 596. The lowest BCUT2D eigenvalue weighted by Gasteiger charge is -2.20. The first-order valence-electron chi connectivity index (χ1n) is 7.53. The number of carboxylic acid groups (broad SMARTS) is 2. The van der Waals surface area contributed by atoms with Crippen molar-refractivity contribution >= 4 is 41.2 Å². The highest BCUT2D eigenvalue weighted by molar-refractivity contribution is 6.34. The fourth-order valence-corrected chi connectivity index (χ4v) is 2.75. The number of nitrogens with one attached hydrogen (secondary N) is 1. The quantitative estimate of drug-likeness (QED) is 0.610. The summed E-state index contributed by atoms with van der Waals surface area (Å²) in [7, 11) is 0. The van der Waals surface area contributed by atoms with Crippen LogP contribution in [0.3, 0.4) is 0 Å². The average Bonchev–Trinajstić information content (AvgIpc) is 2.43. The molecule has 0 aliphatic heterocycles. The number of hydrogen-bond acceptors (Lipinski definition) is 3. The third-order valence-corrected chi connectivity index (χ3v) is 3.71. The summed E-state index contributed by atoms with van der Waals surface area (Å²) in [4.78, 5) is 22.6. The van der Waals surface area contributed by atoms with E-state index in [9.17, 15) is 19.8 Å². The van der Waals surface area contributed by atoms with Gasteiger partial charge in [-0.05, 0) is 42.5 Å². The maximum Gasteiger partial charge on any atom is 0.321 e. The lowest BCUT2D eigenvalue weighted by atomic mass is 10.0. The standard InChI is InChI=1S/C17H21Cl2NO4/c1-10(2)6-15(17(23)24)20-14(16(21)22)5-3-4-11-7-12(18)9-13(19)8-11/h3-4,7-10,14-15,20H,5-6H2,1-2H3,(H,21,22)(H,23,24)/b4-3-/t14-,15-/m0/s1. The van der Waals surface area contributed by atoms with E-state index in [4.69, 9.17) is 23.2 Å². The molecule has 5 nitrogen and oxygen atoms in total. The van der Waals surface area contributed by atoms with Crippen LogP contribution in [0.1, 0.15) is 32.3 Å². The number of hydrogen-bond donors (Lipinski definition) is 3. The summed E-state index contributed by atoms with van der Waals surface area (Å²) in [5.74, 6) is -2.02. The van der Waals surface area contributed by atoms with Crippen LogP contribution in [0.2, 0.25) is 10.0 Å². The van der Waals surface area contributed by atoms with Crippen LogP contribution in [0, 0.1) is 5.92 Å². The van der Waals surface area contributed by atoms with E-state index >= 15 is 0 Å². The van der Waals surface area contributed by atoms with Crippen molar-refractivity contribution in [3.8, 4) is 0 Å². The molecule has 1 aromatic carbocycles. The van der Waals surface area contributed by atoms with Crippen LogP contribution in [-0.2, 0) is 9.59 Å². The molecule has 2 atom stereocenters. The van der Waals surface area contributed by atoms with Crippen molar-refractivity contribution in [1.82, 2.24) is 5.32 Å². The molecule has 0 radical (unpaired) electrons. The van der Waals surface area contributed by atoms with E-state index in [-0.39, 0.29) is 12.3 Å². The molecule has 0 aliphatic rings. The Morgan fingerprint density at radius 1 is 1.08 bits per heavy atom. The summed E-state index contributed by atoms with van der Waals surface area (Å²) in [5.41, 5.74) is 0.744. The van der Waals surface area contributed by atoms with Crippen LogP contribution >= 0.6 is 23.2 Å². The van der Waals surface area contributed by atoms with Crippen LogP contribution < -0.4 is 5.32 Å². The van der Waals surface area contributed by atoms with Gasteiger partial charge in [0.25, 0.3) is 0 Å². The number of rotatable bonds is 9. The van der Waals surface area contributed by atoms with Crippen LogP contribution in [0.25, 0.3) is 6.08 Å². The van der Waals surface area contributed by atoms with Gasteiger partial charge in [-0.1, -0.05) is 49.2 Å². The summed E-state index contributed by atoms with van der Waals surface area (Å²) < 4.78 is 0. The first kappa shape index (κ1) is 20.5. The number of halogens is 2. The fourth-order valence-electron chi connectivity index (χ4n) is 2.21. The molecule has 7 heteroatoms. The van der Waals surface area contributed by atoms with Gasteiger partial charge in [0.2, 0.25) is 0 Å². The summed E-state index contributed by atoms with van der Waals surface area (Å²) >= 11 is 11.8. The predicted octanol–water partition coefficient (Wildman–Crippen LogP) is 3.94. The predicted molar refractivity (Wildman–Crippen MR) is 95.6 cm³/mol. The molecule has 1 rings (SSSR count). The van der Waals surface area contributed by atoms with Gasteiger partial charge in [-0.15, -0.1) is 0 Å². The molecule has 0 heterocycles. The topological polar surface area (TPSA) is 86.6 Å². The van der Waals surface area contributed by atoms with E-state index in [1.807, 2.05) is 13.8 Å². The monoisotopic (exact) mass is 373 g/mol. The molecule has 0 saturated heterocycles. The van der Waals surface area contributed by atoms with Crippen molar-refractivity contribution in [3.63, 3.8) is 0 Å². The lowest BCUT2D eigenvalue weighted by molar-refractivity contribution is -0.142. The number of aliphatic carboxylic acids is 2. The zero-order valence-corrected chi connectivity index (χ0v) is 15.0. The molecule has 0 bridgehead atoms. The maximum absolute atomic E-state index is 11.4. The van der Waals surface area contributed by atoms with Crippen molar-refractivity contribution in [2.75, 3.05) is 0 Å². The molecular formula is C17H21Cl2NO4. The SMILES string of the molecule is CC(C)C[C@H](N[C@@H](C/C=C\c1cc(Cl)cc(Cl)c1)C(=O)O)C(=O)O. The number of benzene rings is 1. The molecule has 0 aliphatic carbocycles. The summed E-state index contributed by atoms with van der Waals surface area (Å²) in [6, 6.07) is 3.11. The molecule has 3 N–H and O–H groups in total. The second kappa shape index (κ2) is 9.67. The summed E-state index contributed by atoms with van der Waals surface area (Å²) in [6.45, 7) is 3.77. The first-order chi connectivity index (χ1) is 11.2. The minimum absolute atomic E-state index is 0.136. The number of carboxylic acids is 2. The van der Waals surface area contributed by atoms with Gasteiger partial charge in [-0.3, -0.25) is 14.9 Å². The van der Waals surface area contributed by atoms with E-state index in [1.54, 1.807) is 30.4 Å². The van der Waals surface area contributed by atoms with Gasteiger partial charge in [0.15, 0.2) is 0 Å². The Hall–Kier alpha value is -1.56. The third kappa shape index (κ3) is 7.34. The highest BCUT2D eigenvalue weighted by Crippen LogP contribution is 2.20. The normalized spacial score (nSPS) is 14.0. The Kier molecular flexibility index (Phi) is 8.25. The van der Waals surface area contributed by atoms with Gasteiger partial charge >= 0.3 is 11.9 Å². The van der Waals surface area contributed by atoms with E-state index in [0.717, 1.165) is 5.56 Å².